The number of nitrogens with two attached hydrogens (primary N) is 1. The Morgan fingerprint density at radius 3 is 1.62 bits per heavy atom. The summed E-state index contributed by atoms with van der Waals surface area (Å²) in [6, 6.07) is 13.2. The highest BCUT2D eigenvalue weighted by atomic mass is 16.3. The summed E-state index contributed by atoms with van der Waals surface area (Å²) in [5.41, 5.74) is 10.7. The Morgan fingerprint density at radius 1 is 0.808 bits per heavy atom. The van der Waals surface area contributed by atoms with Gasteiger partial charge in [-0.25, -0.2) is 0 Å². The van der Waals surface area contributed by atoms with Crippen molar-refractivity contribution in [2.75, 3.05) is 5.73 Å². The van der Waals surface area contributed by atoms with Crippen LogP contribution in [0.1, 0.15) is 0 Å². The van der Waals surface area contributed by atoms with Gasteiger partial charge in [0.15, 0.2) is 0 Å². The van der Waals surface area contributed by atoms with Crippen molar-refractivity contribution >= 4 is 18.5 Å². The summed E-state index contributed by atoms with van der Waals surface area (Å²) in [4.78, 5) is 18.5. The third-order valence-electron chi connectivity index (χ3n) is 2.66. The zero-order valence-electron chi connectivity index (χ0n) is 13.6. The van der Waals surface area contributed by atoms with Crippen LogP contribution in [0.3, 0.4) is 0 Å². The molecule has 26 heavy (non-hydrogen) atoms. The highest BCUT2D eigenvalue weighted by Crippen LogP contribution is 2.12. The van der Waals surface area contributed by atoms with E-state index in [1.807, 2.05) is 10.9 Å². The molecule has 10 heteroatoms. The van der Waals surface area contributed by atoms with Crippen LogP contribution < -0.4 is 16.6 Å². The maximum atomic E-state index is 9.23. The van der Waals surface area contributed by atoms with E-state index in [9.17, 15) is 9.59 Å². The van der Waals surface area contributed by atoms with Crippen molar-refractivity contribution in [3.8, 4) is 17.2 Å². The molecule has 1 aromatic heterocycles. The van der Waals surface area contributed by atoms with Crippen LogP contribution >= 0.6 is 0 Å². The zero-order chi connectivity index (χ0) is 19.2. The number of carbonyl (C=O) groups is 2. The minimum atomic E-state index is 0.249. The first-order valence-electron chi connectivity index (χ1n) is 7.13. The molecular weight excluding hydrogens is 340 g/mol. The number of carbonyl (C=O) groups excluding carboxylic acids is 2. The first kappa shape index (κ1) is 20.0. The van der Waals surface area contributed by atoms with Gasteiger partial charge < -0.3 is 15.9 Å². The Kier molecular flexibility index (Phi) is 8.80. The third kappa shape index (κ3) is 7.97. The summed E-state index contributed by atoms with van der Waals surface area (Å²) in [5, 5.41) is 25.1. The predicted molar refractivity (Wildman–Crippen MR) is 93.9 cm³/mol. The molecule has 0 atom stereocenters. The lowest BCUT2D eigenvalue weighted by molar-refractivity contribution is -0.116. The Morgan fingerprint density at radius 2 is 1.23 bits per heavy atom. The molecule has 3 aromatic rings. The van der Waals surface area contributed by atoms with Gasteiger partial charge >= 0.3 is 0 Å². The molecular formula is C16H18N6O4. The van der Waals surface area contributed by atoms with Crippen molar-refractivity contribution in [1.29, 1.82) is 0 Å². The first-order chi connectivity index (χ1) is 12.6. The third-order valence-corrected chi connectivity index (χ3v) is 2.66. The fourth-order valence-corrected chi connectivity index (χ4v) is 1.50. The molecule has 0 aliphatic carbocycles. The molecule has 6 N–H and O–H groups in total. The lowest BCUT2D eigenvalue weighted by Gasteiger charge is -1.99. The average Bonchev–Trinajstić information content (AvgIpc) is 3.19. The van der Waals surface area contributed by atoms with Gasteiger partial charge in [-0.15, -0.1) is 10.2 Å². The van der Waals surface area contributed by atoms with Gasteiger partial charge in [0.2, 0.25) is 12.8 Å². The van der Waals surface area contributed by atoms with Crippen molar-refractivity contribution < 1.29 is 19.8 Å². The fourth-order valence-electron chi connectivity index (χ4n) is 1.50. The van der Waals surface area contributed by atoms with Crippen LogP contribution in [0, 0.1) is 0 Å². The van der Waals surface area contributed by atoms with Crippen LogP contribution in [0.15, 0.2) is 61.2 Å². The molecule has 0 unspecified atom stereocenters. The number of hydrazine groups is 1. The van der Waals surface area contributed by atoms with Gasteiger partial charge in [-0.2, -0.15) is 0 Å². The van der Waals surface area contributed by atoms with E-state index in [1.165, 1.54) is 0 Å². The second-order valence-corrected chi connectivity index (χ2v) is 4.50. The van der Waals surface area contributed by atoms with E-state index in [0.717, 1.165) is 5.69 Å². The van der Waals surface area contributed by atoms with Crippen LogP contribution in [0.5, 0.6) is 11.5 Å². The molecule has 3 rings (SSSR count). The second-order valence-electron chi connectivity index (χ2n) is 4.50. The monoisotopic (exact) mass is 358 g/mol. The summed E-state index contributed by atoms with van der Waals surface area (Å²) >= 11 is 0. The van der Waals surface area contributed by atoms with Gasteiger partial charge in [0.05, 0.1) is 0 Å². The number of phenolic OH excluding ortho intramolecular Hbond substituents is 2. The molecule has 0 fully saturated rings. The van der Waals surface area contributed by atoms with E-state index in [1.54, 1.807) is 65.8 Å². The number of hydrogen-bond acceptors (Lipinski definition) is 7. The molecule has 1 heterocycles. The zero-order valence-corrected chi connectivity index (χ0v) is 13.6. The fraction of sp³-hybridized carbons (Fsp3) is 0. The lowest BCUT2D eigenvalue weighted by Crippen LogP contribution is -2.28. The number of hydrogen-bond donors (Lipinski definition) is 5. The Labute approximate surface area is 148 Å². The predicted octanol–water partition coefficient (Wildman–Crippen LogP) is 0.341. The van der Waals surface area contributed by atoms with Crippen LogP contribution in [0.25, 0.3) is 5.69 Å². The molecule has 0 saturated carbocycles. The Hall–Kier alpha value is -4.08. The van der Waals surface area contributed by atoms with Gasteiger partial charge in [-0.3, -0.25) is 25.0 Å². The van der Waals surface area contributed by atoms with Crippen LogP contribution in [-0.2, 0) is 9.59 Å². The van der Waals surface area contributed by atoms with Gasteiger partial charge in [0.1, 0.15) is 24.2 Å². The smallest absolute Gasteiger partial charge is 0.225 e. The van der Waals surface area contributed by atoms with E-state index in [0.29, 0.717) is 18.5 Å². The normalized spacial score (nSPS) is 8.77. The van der Waals surface area contributed by atoms with Crippen LogP contribution in [0.4, 0.5) is 5.69 Å². The maximum absolute atomic E-state index is 9.23. The minimum Gasteiger partial charge on any atom is -0.508 e. The molecule has 0 bridgehead atoms. The molecule has 2 aromatic carbocycles. The van der Waals surface area contributed by atoms with E-state index >= 15 is 0 Å². The van der Waals surface area contributed by atoms with Gasteiger partial charge in [0, 0.05) is 11.4 Å². The average molecular weight is 358 g/mol. The Balaban J connectivity index is 0.000000211. The topological polar surface area (TPSA) is 155 Å². The van der Waals surface area contributed by atoms with Crippen molar-refractivity contribution in [1.82, 2.24) is 25.6 Å². The molecule has 0 spiro atoms. The highest BCUT2D eigenvalue weighted by Gasteiger charge is 1.94. The van der Waals surface area contributed by atoms with Gasteiger partial charge in [-0.1, -0.05) is 0 Å². The quantitative estimate of drug-likeness (QED) is 0.148. The summed E-state index contributed by atoms with van der Waals surface area (Å²) < 4.78 is 1.76. The largest absolute Gasteiger partial charge is 0.508 e. The summed E-state index contributed by atoms with van der Waals surface area (Å²) in [5.74, 6) is 0.506. The number of nitrogens with zero attached hydrogens (tertiary/aromatic N) is 3. The number of phenols is 2. The molecule has 10 nitrogen and oxygen atoms in total. The number of benzene rings is 2. The van der Waals surface area contributed by atoms with E-state index in [2.05, 4.69) is 10.2 Å². The van der Waals surface area contributed by atoms with Crippen molar-refractivity contribution in [3.63, 3.8) is 0 Å². The van der Waals surface area contributed by atoms with E-state index in [4.69, 9.17) is 15.9 Å². The molecule has 0 aliphatic heterocycles. The summed E-state index contributed by atoms with van der Waals surface area (Å²) in [6.07, 6.45) is 3.95. The number of rotatable bonds is 4. The SMILES string of the molecule is Nc1ccc(O)cc1.O=CNNC=O.Oc1ccc(-n2cnnc2)cc1. The molecule has 136 valence electrons. The van der Waals surface area contributed by atoms with Crippen LogP contribution in [0.2, 0.25) is 0 Å². The van der Waals surface area contributed by atoms with Crippen LogP contribution in [-0.4, -0.2) is 37.8 Å². The molecule has 2 amide bonds. The standard InChI is InChI=1S/C8H7N3O.C6H7NO.C2H4N2O2/c12-8-3-1-7(2-4-8)11-5-9-10-6-11;7-5-1-3-6(8)4-2-5;5-1-3-4-2-6/h1-6,12H;1-4,8H,7H2;1-2H,(H,3,5)(H,4,6). The molecule has 0 radical (unpaired) electrons. The minimum absolute atomic E-state index is 0.249. The molecule has 0 saturated heterocycles. The highest BCUT2D eigenvalue weighted by molar-refractivity contribution is 5.53. The summed E-state index contributed by atoms with van der Waals surface area (Å²) in [7, 11) is 0. The number of aromatic nitrogens is 3. The first-order valence-corrected chi connectivity index (χ1v) is 7.13. The van der Waals surface area contributed by atoms with Crippen molar-refractivity contribution in [3.05, 3.63) is 61.2 Å². The molecule has 0 aliphatic rings. The number of nitrogen functional groups attached to an aromatic ring is 1. The lowest BCUT2D eigenvalue weighted by atomic mass is 10.3. The van der Waals surface area contributed by atoms with Gasteiger partial charge in [-0.05, 0) is 48.5 Å². The maximum Gasteiger partial charge on any atom is 0.225 e. The number of nitrogens with one attached hydrogen (secondary N) is 2. The second kappa shape index (κ2) is 11.5. The van der Waals surface area contributed by atoms with Crippen molar-refractivity contribution in [2.24, 2.45) is 0 Å². The van der Waals surface area contributed by atoms with E-state index in [-0.39, 0.29) is 11.5 Å². The number of amides is 2. The van der Waals surface area contributed by atoms with Gasteiger partial charge in [0.25, 0.3) is 0 Å². The van der Waals surface area contributed by atoms with Crippen molar-refractivity contribution in [2.45, 2.75) is 0 Å². The Bertz CT molecular complexity index is 731. The summed E-state index contributed by atoms with van der Waals surface area (Å²) in [6.45, 7) is 0. The number of aromatic hydroxyl groups is 2. The van der Waals surface area contributed by atoms with E-state index < -0.39 is 0 Å². The number of anilines is 1.